The average molecular weight is 421 g/mol. The fraction of sp³-hybridized carbons (Fsp3) is 0.385. The van der Waals surface area contributed by atoms with Gasteiger partial charge in [0.05, 0.1) is 27.4 Å². The molecule has 0 N–H and O–H groups in total. The Kier molecular flexibility index (Phi) is 6.52. The molecule has 0 aliphatic carbocycles. The number of ether oxygens (including phenoxy) is 3. The highest BCUT2D eigenvalue weighted by Crippen LogP contribution is 2.46. The molecule has 5 heteroatoms. The Hall–Kier alpha value is -2.92. The first-order valence-corrected chi connectivity index (χ1v) is 11.0. The van der Waals surface area contributed by atoms with Crippen LogP contribution in [0.3, 0.4) is 0 Å². The SMILES string of the molecule is CCc1ccc(CN2CCCn3cccc3[C@@H]2c2ccc(OC)c(OC)c2OC)cc1. The van der Waals surface area contributed by atoms with Gasteiger partial charge in [0.15, 0.2) is 11.5 Å². The van der Waals surface area contributed by atoms with Crippen LogP contribution in [0.15, 0.2) is 54.7 Å². The van der Waals surface area contributed by atoms with Crippen molar-refractivity contribution >= 4 is 0 Å². The van der Waals surface area contributed by atoms with Crippen molar-refractivity contribution in [3.05, 3.63) is 77.1 Å². The first-order chi connectivity index (χ1) is 15.2. The van der Waals surface area contributed by atoms with E-state index < -0.39 is 0 Å². The number of methoxy groups -OCH3 is 3. The van der Waals surface area contributed by atoms with Gasteiger partial charge in [0.1, 0.15) is 0 Å². The number of aromatic nitrogens is 1. The number of hydrogen-bond donors (Lipinski definition) is 0. The van der Waals surface area contributed by atoms with E-state index in [9.17, 15) is 0 Å². The van der Waals surface area contributed by atoms with Gasteiger partial charge in [0.25, 0.3) is 0 Å². The monoisotopic (exact) mass is 420 g/mol. The molecule has 0 spiro atoms. The maximum absolute atomic E-state index is 5.88. The summed E-state index contributed by atoms with van der Waals surface area (Å²) in [6, 6.07) is 17.5. The summed E-state index contributed by atoms with van der Waals surface area (Å²) in [6.45, 7) is 5.08. The Morgan fingerprint density at radius 3 is 2.26 bits per heavy atom. The van der Waals surface area contributed by atoms with E-state index in [0.717, 1.165) is 43.8 Å². The molecule has 2 aromatic carbocycles. The Morgan fingerprint density at radius 2 is 1.58 bits per heavy atom. The van der Waals surface area contributed by atoms with Crippen molar-refractivity contribution in [3.8, 4) is 17.2 Å². The molecule has 164 valence electrons. The van der Waals surface area contributed by atoms with Crippen molar-refractivity contribution in [2.75, 3.05) is 27.9 Å². The maximum Gasteiger partial charge on any atom is 0.203 e. The Bertz CT molecular complexity index is 1010. The molecule has 1 aliphatic rings. The fourth-order valence-electron chi connectivity index (χ4n) is 4.62. The normalized spacial score (nSPS) is 16.5. The minimum absolute atomic E-state index is 0.0538. The van der Waals surface area contributed by atoms with Gasteiger partial charge in [-0.2, -0.15) is 0 Å². The van der Waals surface area contributed by atoms with E-state index >= 15 is 0 Å². The van der Waals surface area contributed by atoms with Crippen LogP contribution in [0.5, 0.6) is 17.2 Å². The molecule has 0 amide bonds. The molecule has 0 unspecified atom stereocenters. The van der Waals surface area contributed by atoms with Crippen molar-refractivity contribution in [2.24, 2.45) is 0 Å². The molecular weight excluding hydrogens is 388 g/mol. The summed E-state index contributed by atoms with van der Waals surface area (Å²) in [5.41, 5.74) is 5.05. The average Bonchev–Trinajstić information content (AvgIpc) is 3.20. The second-order valence-corrected chi connectivity index (χ2v) is 7.95. The van der Waals surface area contributed by atoms with E-state index in [-0.39, 0.29) is 6.04 Å². The zero-order valence-corrected chi connectivity index (χ0v) is 18.9. The molecule has 31 heavy (non-hydrogen) atoms. The molecule has 4 rings (SSSR count). The number of aryl methyl sites for hydroxylation is 2. The molecule has 0 bridgehead atoms. The van der Waals surface area contributed by atoms with Crippen LogP contribution in [0.1, 0.15) is 41.8 Å². The standard InChI is InChI=1S/C26H32N2O3/c1-5-19-9-11-20(12-10-19)18-28-17-7-16-27-15-6-8-22(27)24(28)21-13-14-23(29-2)26(31-4)25(21)30-3/h6,8-15,24H,5,7,16-18H2,1-4H3/t24-/m0/s1. The Morgan fingerprint density at radius 1 is 0.839 bits per heavy atom. The van der Waals surface area contributed by atoms with E-state index in [0.29, 0.717) is 11.5 Å². The van der Waals surface area contributed by atoms with Gasteiger partial charge in [-0.05, 0) is 48.2 Å². The summed E-state index contributed by atoms with van der Waals surface area (Å²) < 4.78 is 19.5. The quantitative estimate of drug-likeness (QED) is 0.535. The molecule has 1 aliphatic heterocycles. The molecule has 0 saturated heterocycles. The molecule has 2 heterocycles. The van der Waals surface area contributed by atoms with Crippen LogP contribution in [0.4, 0.5) is 0 Å². The van der Waals surface area contributed by atoms with Crippen LogP contribution >= 0.6 is 0 Å². The highest BCUT2D eigenvalue weighted by atomic mass is 16.5. The highest BCUT2D eigenvalue weighted by molar-refractivity contribution is 5.58. The lowest BCUT2D eigenvalue weighted by molar-refractivity contribution is 0.214. The van der Waals surface area contributed by atoms with Crippen LogP contribution in [-0.4, -0.2) is 37.3 Å². The third-order valence-corrected chi connectivity index (χ3v) is 6.20. The molecule has 0 fully saturated rings. The highest BCUT2D eigenvalue weighted by Gasteiger charge is 2.31. The van der Waals surface area contributed by atoms with E-state index in [1.54, 1.807) is 21.3 Å². The van der Waals surface area contributed by atoms with Gasteiger partial charge >= 0.3 is 0 Å². The van der Waals surface area contributed by atoms with E-state index in [1.807, 2.05) is 6.07 Å². The van der Waals surface area contributed by atoms with Gasteiger partial charge in [0, 0.05) is 37.1 Å². The molecule has 0 saturated carbocycles. The summed E-state index contributed by atoms with van der Waals surface area (Å²) in [5, 5.41) is 0. The topological polar surface area (TPSA) is 35.9 Å². The molecule has 1 aromatic heterocycles. The summed E-state index contributed by atoms with van der Waals surface area (Å²) in [7, 11) is 5.01. The zero-order valence-electron chi connectivity index (χ0n) is 18.9. The first kappa shape index (κ1) is 21.3. The predicted octanol–water partition coefficient (Wildman–Crippen LogP) is 5.07. The van der Waals surface area contributed by atoms with Gasteiger partial charge in [-0.15, -0.1) is 0 Å². The van der Waals surface area contributed by atoms with Crippen molar-refractivity contribution in [2.45, 2.75) is 38.9 Å². The number of hydrogen-bond acceptors (Lipinski definition) is 4. The maximum atomic E-state index is 5.88. The lowest BCUT2D eigenvalue weighted by Crippen LogP contribution is -2.30. The van der Waals surface area contributed by atoms with Crippen molar-refractivity contribution in [1.82, 2.24) is 9.47 Å². The van der Waals surface area contributed by atoms with Crippen molar-refractivity contribution in [1.29, 1.82) is 0 Å². The number of nitrogens with zero attached hydrogens (tertiary/aromatic N) is 2. The minimum Gasteiger partial charge on any atom is -0.493 e. The number of fused-ring (bicyclic) bond motifs is 1. The Labute approximate surface area is 185 Å². The van der Waals surface area contributed by atoms with Crippen LogP contribution in [-0.2, 0) is 19.5 Å². The lowest BCUT2D eigenvalue weighted by Gasteiger charge is -2.32. The molecule has 1 atom stereocenters. The largest absolute Gasteiger partial charge is 0.493 e. The van der Waals surface area contributed by atoms with E-state index in [4.69, 9.17) is 14.2 Å². The van der Waals surface area contributed by atoms with Crippen molar-refractivity contribution in [3.63, 3.8) is 0 Å². The third-order valence-electron chi connectivity index (χ3n) is 6.20. The van der Waals surface area contributed by atoms with Gasteiger partial charge in [-0.1, -0.05) is 31.2 Å². The fourth-order valence-corrected chi connectivity index (χ4v) is 4.62. The van der Waals surface area contributed by atoms with Crippen molar-refractivity contribution < 1.29 is 14.2 Å². The third kappa shape index (κ3) is 4.15. The molecule has 3 aromatic rings. The second-order valence-electron chi connectivity index (χ2n) is 7.95. The second kappa shape index (κ2) is 9.48. The van der Waals surface area contributed by atoms with Crippen LogP contribution in [0.2, 0.25) is 0 Å². The summed E-state index contributed by atoms with van der Waals surface area (Å²) in [4.78, 5) is 2.55. The zero-order chi connectivity index (χ0) is 21.8. The summed E-state index contributed by atoms with van der Waals surface area (Å²) in [6.07, 6.45) is 4.33. The predicted molar refractivity (Wildman–Crippen MR) is 123 cm³/mol. The minimum atomic E-state index is 0.0538. The van der Waals surface area contributed by atoms with Gasteiger partial charge in [-0.25, -0.2) is 0 Å². The van der Waals surface area contributed by atoms with Crippen LogP contribution in [0.25, 0.3) is 0 Å². The number of rotatable bonds is 7. The van der Waals surface area contributed by atoms with Gasteiger partial charge < -0.3 is 18.8 Å². The first-order valence-electron chi connectivity index (χ1n) is 11.0. The van der Waals surface area contributed by atoms with E-state index in [2.05, 4.69) is 65.1 Å². The molecular formula is C26H32N2O3. The van der Waals surface area contributed by atoms with Gasteiger partial charge in [-0.3, -0.25) is 4.90 Å². The van der Waals surface area contributed by atoms with Gasteiger partial charge in [0.2, 0.25) is 5.75 Å². The van der Waals surface area contributed by atoms with Crippen LogP contribution < -0.4 is 14.2 Å². The summed E-state index contributed by atoms with van der Waals surface area (Å²) >= 11 is 0. The molecule has 5 nitrogen and oxygen atoms in total. The smallest absolute Gasteiger partial charge is 0.203 e. The lowest BCUT2D eigenvalue weighted by atomic mass is 9.98. The van der Waals surface area contributed by atoms with E-state index in [1.165, 1.54) is 16.8 Å². The molecule has 0 radical (unpaired) electrons. The number of benzene rings is 2. The Balaban J connectivity index is 1.80. The van der Waals surface area contributed by atoms with Crippen LogP contribution in [0, 0.1) is 0 Å². The summed E-state index contributed by atoms with van der Waals surface area (Å²) in [5.74, 6) is 2.04.